The number of hydrogen-bond acceptors (Lipinski definition) is 6. The van der Waals surface area contributed by atoms with E-state index in [9.17, 15) is 33.0 Å². The van der Waals surface area contributed by atoms with Crippen molar-refractivity contribution < 1.29 is 32.9 Å². The molecule has 0 saturated carbocycles. The van der Waals surface area contributed by atoms with Crippen molar-refractivity contribution >= 4 is 17.2 Å². The van der Waals surface area contributed by atoms with E-state index in [-0.39, 0.29) is 42.5 Å². The lowest BCUT2D eigenvalue weighted by molar-refractivity contribution is -0.141. The molecule has 1 aromatic heterocycles. The van der Waals surface area contributed by atoms with Crippen LogP contribution in [-0.4, -0.2) is 31.5 Å². The van der Waals surface area contributed by atoms with E-state index in [1.807, 2.05) is 30.3 Å². The molecule has 9 nitrogen and oxygen atoms in total. The van der Waals surface area contributed by atoms with Crippen LogP contribution >= 0.6 is 0 Å². The number of allylic oxidation sites excluding steroid dienone is 2. The first-order chi connectivity index (χ1) is 20.6. The molecular weight excluding hydrogens is 565 g/mol. The smallest absolute Gasteiger partial charge is 0.416 e. The van der Waals surface area contributed by atoms with Gasteiger partial charge in [-0.1, -0.05) is 60.7 Å². The van der Waals surface area contributed by atoms with E-state index in [2.05, 4.69) is 15.3 Å². The molecule has 0 fully saturated rings. The molecule has 1 aliphatic rings. The number of benzene rings is 3. The number of nitrogens with zero attached hydrogens (tertiary/aromatic N) is 3. The summed E-state index contributed by atoms with van der Waals surface area (Å²) in [5, 5.41) is 31.5. The van der Waals surface area contributed by atoms with Crippen LogP contribution in [0.4, 0.5) is 18.9 Å². The van der Waals surface area contributed by atoms with Gasteiger partial charge in [0, 0.05) is 12.0 Å². The van der Waals surface area contributed by atoms with Crippen molar-refractivity contribution in [2.75, 3.05) is 0 Å². The van der Waals surface area contributed by atoms with Gasteiger partial charge in [0.15, 0.2) is 5.69 Å². The van der Waals surface area contributed by atoms with E-state index in [1.165, 1.54) is 18.2 Å². The number of carboxylic acids is 1. The van der Waals surface area contributed by atoms with E-state index in [1.54, 1.807) is 24.3 Å². The number of aromatic hydroxyl groups is 1. The van der Waals surface area contributed by atoms with Gasteiger partial charge in [-0.3, -0.25) is 9.89 Å². The molecule has 0 amide bonds. The topological polar surface area (TPSA) is 129 Å². The third-order valence-corrected chi connectivity index (χ3v) is 6.83. The number of rotatable bonds is 9. The highest BCUT2D eigenvalue weighted by Crippen LogP contribution is 2.37. The number of azo groups is 1. The number of aliphatic carboxylic acids is 1. The Bertz CT molecular complexity index is 1770. The van der Waals surface area contributed by atoms with Gasteiger partial charge < -0.3 is 14.9 Å². The molecule has 12 heteroatoms. The number of halogens is 3. The van der Waals surface area contributed by atoms with Gasteiger partial charge in [0.05, 0.1) is 30.2 Å². The number of nitrogens with one attached hydrogen (secondary N) is 1. The molecule has 4 aromatic rings. The summed E-state index contributed by atoms with van der Waals surface area (Å²) in [7, 11) is 0. The normalized spacial score (nSPS) is 16.9. The van der Waals surface area contributed by atoms with Gasteiger partial charge in [0.25, 0.3) is 5.56 Å². The number of aromatic amines is 1. The van der Waals surface area contributed by atoms with Crippen molar-refractivity contribution in [2.45, 2.75) is 31.3 Å². The predicted molar refractivity (Wildman–Crippen MR) is 151 cm³/mol. The lowest BCUT2D eigenvalue weighted by Crippen LogP contribution is -2.35. The minimum absolute atomic E-state index is 0.0387. The minimum atomic E-state index is -4.56. The molecule has 5 rings (SSSR count). The molecule has 0 bridgehead atoms. The highest BCUT2D eigenvalue weighted by Gasteiger charge is 2.39. The third kappa shape index (κ3) is 6.33. The second-order valence-corrected chi connectivity index (χ2v) is 9.78. The van der Waals surface area contributed by atoms with Crippen LogP contribution in [0.25, 0.3) is 11.3 Å². The lowest BCUT2D eigenvalue weighted by atomic mass is 9.84. The van der Waals surface area contributed by atoms with Crippen LogP contribution in [0.15, 0.2) is 112 Å². The summed E-state index contributed by atoms with van der Waals surface area (Å²) in [6, 6.07) is 19.6. The molecule has 1 atom stereocenters. The fraction of sp³-hybridized carbons (Fsp3) is 0.161. The Labute approximate surface area is 242 Å². The van der Waals surface area contributed by atoms with E-state index >= 15 is 0 Å². The standard InChI is InChI=1S/C31H25F3N4O5/c32-31(33,34)22-12-14-23(15-13-22)38-28(40)27(25(36-38)19-43-18-20-7-2-1-3-8-20)35-37-30(29(41)42)16-6-9-21(17-30)24-10-4-5-11-26(24)39/h1-16,36,39H,17-19H2,(H,41,42). The number of ether oxygens (including phenoxy) is 1. The molecule has 3 aromatic carbocycles. The average Bonchev–Trinajstić information content (AvgIpc) is 3.31. The van der Waals surface area contributed by atoms with Gasteiger partial charge in [-0.2, -0.15) is 18.3 Å². The zero-order valence-corrected chi connectivity index (χ0v) is 22.5. The van der Waals surface area contributed by atoms with Crippen LogP contribution < -0.4 is 5.56 Å². The maximum atomic E-state index is 13.5. The van der Waals surface area contributed by atoms with Crippen molar-refractivity contribution in [2.24, 2.45) is 10.2 Å². The largest absolute Gasteiger partial charge is 0.507 e. The minimum Gasteiger partial charge on any atom is -0.507 e. The quantitative estimate of drug-likeness (QED) is 0.190. The summed E-state index contributed by atoms with van der Waals surface area (Å²) in [5.74, 6) is -1.38. The molecule has 0 radical (unpaired) electrons. The fourth-order valence-corrected chi connectivity index (χ4v) is 4.56. The maximum Gasteiger partial charge on any atom is 0.416 e. The summed E-state index contributed by atoms with van der Waals surface area (Å²) in [6.45, 7) is 0.0203. The number of phenols is 1. The van der Waals surface area contributed by atoms with Crippen molar-refractivity contribution in [1.82, 2.24) is 9.78 Å². The number of para-hydroxylation sites is 1. The van der Waals surface area contributed by atoms with E-state index in [0.717, 1.165) is 34.5 Å². The predicted octanol–water partition coefficient (Wildman–Crippen LogP) is 6.56. The monoisotopic (exact) mass is 590 g/mol. The molecule has 1 unspecified atom stereocenters. The first-order valence-electron chi connectivity index (χ1n) is 13.0. The zero-order valence-electron chi connectivity index (χ0n) is 22.5. The SMILES string of the molecule is O=C(O)C1(N=Nc2c(COCc3ccccc3)[nH]n(-c3ccc(C(F)(F)F)cc3)c2=O)C=CC=C(c2ccccc2O)C1. The number of H-pyrrole nitrogens is 1. The molecule has 0 spiro atoms. The highest BCUT2D eigenvalue weighted by atomic mass is 19.4. The number of hydrogen-bond donors (Lipinski definition) is 3. The molecule has 43 heavy (non-hydrogen) atoms. The van der Waals surface area contributed by atoms with Gasteiger partial charge in [0.2, 0.25) is 5.54 Å². The number of phenolic OH excluding ortho intramolecular Hbond substituents is 1. The molecule has 3 N–H and O–H groups in total. The maximum absolute atomic E-state index is 13.5. The van der Waals surface area contributed by atoms with Gasteiger partial charge in [-0.25, -0.2) is 9.48 Å². The third-order valence-electron chi connectivity index (χ3n) is 6.83. The highest BCUT2D eigenvalue weighted by molar-refractivity contribution is 5.88. The first-order valence-corrected chi connectivity index (χ1v) is 13.0. The van der Waals surface area contributed by atoms with Gasteiger partial charge in [-0.05, 0) is 47.5 Å². The fourth-order valence-electron chi connectivity index (χ4n) is 4.56. The second-order valence-electron chi connectivity index (χ2n) is 9.78. The summed E-state index contributed by atoms with van der Waals surface area (Å²) >= 11 is 0. The van der Waals surface area contributed by atoms with Crippen molar-refractivity contribution in [3.8, 4) is 11.4 Å². The van der Waals surface area contributed by atoms with Crippen molar-refractivity contribution in [3.63, 3.8) is 0 Å². The summed E-state index contributed by atoms with van der Waals surface area (Å²) < 4.78 is 46.0. The number of alkyl halides is 3. The molecule has 1 heterocycles. The molecule has 220 valence electrons. The molecule has 1 aliphatic carbocycles. The summed E-state index contributed by atoms with van der Waals surface area (Å²) in [6.07, 6.45) is -0.258. The second kappa shape index (κ2) is 11.9. The van der Waals surface area contributed by atoms with Crippen LogP contribution in [0.5, 0.6) is 5.75 Å². The number of aromatic nitrogens is 2. The van der Waals surface area contributed by atoms with Gasteiger partial charge >= 0.3 is 12.1 Å². The Hall–Kier alpha value is -5.23. The van der Waals surface area contributed by atoms with Crippen LogP contribution in [0, 0.1) is 0 Å². The summed E-state index contributed by atoms with van der Waals surface area (Å²) in [4.78, 5) is 26.0. The summed E-state index contributed by atoms with van der Waals surface area (Å²) in [5.41, 5.74) is -1.81. The van der Waals surface area contributed by atoms with E-state index in [4.69, 9.17) is 4.74 Å². The Morgan fingerprint density at radius 3 is 2.37 bits per heavy atom. The van der Waals surface area contributed by atoms with Crippen LogP contribution in [0.3, 0.4) is 0 Å². The van der Waals surface area contributed by atoms with Gasteiger partial charge in [0.1, 0.15) is 5.75 Å². The molecule has 0 saturated heterocycles. The Morgan fingerprint density at radius 1 is 1.00 bits per heavy atom. The van der Waals surface area contributed by atoms with Gasteiger partial charge in [-0.15, -0.1) is 5.11 Å². The van der Waals surface area contributed by atoms with Crippen LogP contribution in [0.1, 0.15) is 28.8 Å². The number of carbonyl (C=O) groups is 1. The van der Waals surface area contributed by atoms with Crippen LogP contribution in [0.2, 0.25) is 0 Å². The van der Waals surface area contributed by atoms with E-state index in [0.29, 0.717) is 11.1 Å². The Kier molecular flexibility index (Phi) is 8.13. The lowest BCUT2D eigenvalue weighted by Gasteiger charge is -2.24. The molecular formula is C31H25F3N4O5. The Morgan fingerprint density at radius 2 is 1.70 bits per heavy atom. The Balaban J connectivity index is 1.50. The number of carboxylic acid groups (broad SMARTS) is 1. The van der Waals surface area contributed by atoms with Crippen molar-refractivity contribution in [3.05, 3.63) is 130 Å². The zero-order chi connectivity index (χ0) is 30.6. The average molecular weight is 591 g/mol. The van der Waals surface area contributed by atoms with E-state index < -0.39 is 28.8 Å². The van der Waals surface area contributed by atoms with Crippen molar-refractivity contribution in [1.29, 1.82) is 0 Å². The molecule has 0 aliphatic heterocycles. The first kappa shape index (κ1) is 29.3. The van der Waals surface area contributed by atoms with Crippen LogP contribution in [-0.2, 0) is 28.9 Å².